The predicted molar refractivity (Wildman–Crippen MR) is 85.3 cm³/mol. The lowest BCUT2D eigenvalue weighted by Crippen LogP contribution is -2.44. The number of halogens is 2. The van der Waals surface area contributed by atoms with Crippen molar-refractivity contribution in [3.05, 3.63) is 27.2 Å². The summed E-state index contributed by atoms with van der Waals surface area (Å²) < 4.78 is 5.51. The molecule has 0 saturated heterocycles. The molecule has 1 amide bonds. The van der Waals surface area contributed by atoms with Crippen LogP contribution in [-0.4, -0.2) is 33.9 Å². The van der Waals surface area contributed by atoms with Crippen molar-refractivity contribution < 1.29 is 24.5 Å². The second kappa shape index (κ2) is 7.19. The molecule has 0 aliphatic carbocycles. The number of phenols is 1. The van der Waals surface area contributed by atoms with Crippen LogP contribution in [0.5, 0.6) is 5.75 Å². The second-order valence-electron chi connectivity index (χ2n) is 5.64. The highest BCUT2D eigenvalue weighted by Crippen LogP contribution is 2.30. The second-order valence-corrected chi connectivity index (χ2v) is 6.90. The first-order valence-corrected chi connectivity index (χ1v) is 7.56. The Balaban J connectivity index is 2.88. The van der Waals surface area contributed by atoms with Gasteiger partial charge in [0.05, 0.1) is 5.02 Å². The van der Waals surface area contributed by atoms with E-state index in [0.717, 1.165) is 0 Å². The summed E-state index contributed by atoms with van der Waals surface area (Å²) in [6, 6.07) is 1.55. The molecule has 0 aliphatic heterocycles. The molecular formula is C14H17BrClNO5. The van der Waals surface area contributed by atoms with E-state index in [-0.39, 0.29) is 12.2 Å². The Morgan fingerprint density at radius 2 is 2.00 bits per heavy atom. The number of amides is 1. The van der Waals surface area contributed by atoms with E-state index in [9.17, 15) is 19.8 Å². The fraction of sp³-hybridized carbons (Fsp3) is 0.429. The molecule has 22 heavy (non-hydrogen) atoms. The largest absolute Gasteiger partial charge is 0.508 e. The molecule has 1 aromatic carbocycles. The molecule has 1 aromatic rings. The molecule has 3 N–H and O–H groups in total. The lowest BCUT2D eigenvalue weighted by Gasteiger charge is -2.22. The summed E-state index contributed by atoms with van der Waals surface area (Å²) in [6.45, 7) is 5.01. The van der Waals surface area contributed by atoms with Crippen LogP contribution in [0.1, 0.15) is 26.3 Å². The van der Waals surface area contributed by atoms with Gasteiger partial charge in [0.15, 0.2) is 0 Å². The number of aliphatic carboxylic acids is 1. The van der Waals surface area contributed by atoms with Crippen LogP contribution in [-0.2, 0) is 16.0 Å². The van der Waals surface area contributed by atoms with Gasteiger partial charge in [-0.05, 0) is 54.4 Å². The zero-order chi connectivity index (χ0) is 17.1. The third kappa shape index (κ3) is 5.73. The van der Waals surface area contributed by atoms with E-state index in [2.05, 4.69) is 21.2 Å². The molecule has 0 spiro atoms. The summed E-state index contributed by atoms with van der Waals surface area (Å²) in [6.07, 6.45) is -0.976. The Labute approximate surface area is 141 Å². The molecule has 0 bridgehead atoms. The lowest BCUT2D eigenvalue weighted by molar-refractivity contribution is -0.139. The molecule has 6 nitrogen and oxygen atoms in total. The van der Waals surface area contributed by atoms with Gasteiger partial charge in [0.2, 0.25) is 0 Å². The minimum absolute atomic E-state index is 0.117. The van der Waals surface area contributed by atoms with E-state index >= 15 is 0 Å². The van der Waals surface area contributed by atoms with Gasteiger partial charge in [0.1, 0.15) is 17.4 Å². The van der Waals surface area contributed by atoms with Crippen LogP contribution in [0.25, 0.3) is 0 Å². The average Bonchev–Trinajstić information content (AvgIpc) is 2.32. The molecule has 0 heterocycles. The monoisotopic (exact) mass is 393 g/mol. The maximum Gasteiger partial charge on any atom is 0.408 e. The van der Waals surface area contributed by atoms with Crippen molar-refractivity contribution in [2.24, 2.45) is 0 Å². The molecule has 0 aliphatic rings. The van der Waals surface area contributed by atoms with Gasteiger partial charge < -0.3 is 20.3 Å². The zero-order valence-corrected chi connectivity index (χ0v) is 14.7. The first-order chi connectivity index (χ1) is 9.99. The van der Waals surface area contributed by atoms with Crippen LogP contribution in [0.4, 0.5) is 4.79 Å². The maximum atomic E-state index is 11.7. The van der Waals surface area contributed by atoms with Crippen molar-refractivity contribution >= 4 is 39.6 Å². The average molecular weight is 395 g/mol. The highest BCUT2D eigenvalue weighted by atomic mass is 79.9. The van der Waals surface area contributed by atoms with E-state index in [4.69, 9.17) is 16.3 Å². The van der Waals surface area contributed by atoms with Crippen molar-refractivity contribution in [2.75, 3.05) is 0 Å². The van der Waals surface area contributed by atoms with Gasteiger partial charge in [-0.3, -0.25) is 0 Å². The Kier molecular flexibility index (Phi) is 6.08. The Bertz CT molecular complexity index is 585. The van der Waals surface area contributed by atoms with E-state index < -0.39 is 23.7 Å². The van der Waals surface area contributed by atoms with Crippen molar-refractivity contribution in [3.63, 3.8) is 0 Å². The molecule has 0 aromatic heterocycles. The topological polar surface area (TPSA) is 95.9 Å². The fourth-order valence-electron chi connectivity index (χ4n) is 1.61. The van der Waals surface area contributed by atoms with Gasteiger partial charge in [-0.25, -0.2) is 9.59 Å². The normalized spacial score (nSPS) is 12.6. The number of hydrogen-bond donors (Lipinski definition) is 3. The molecule has 0 fully saturated rings. The minimum Gasteiger partial charge on any atom is -0.508 e. The number of carboxylic acid groups (broad SMARTS) is 1. The number of carbonyl (C=O) groups excluding carboxylic acids is 1. The van der Waals surface area contributed by atoms with Crippen LogP contribution in [0.15, 0.2) is 16.6 Å². The van der Waals surface area contributed by atoms with Gasteiger partial charge in [-0.15, -0.1) is 0 Å². The quantitative estimate of drug-likeness (QED) is 0.728. The Morgan fingerprint density at radius 1 is 1.41 bits per heavy atom. The highest BCUT2D eigenvalue weighted by Gasteiger charge is 2.25. The predicted octanol–water partition coefficient (Wildman–Crippen LogP) is 3.33. The lowest BCUT2D eigenvalue weighted by atomic mass is 10.1. The summed E-state index contributed by atoms with van der Waals surface area (Å²) in [5.41, 5.74) is -0.437. The van der Waals surface area contributed by atoms with Gasteiger partial charge >= 0.3 is 12.1 Å². The standard InChI is InChI=1S/C14H17BrClNO5/c1-14(2,3)22-13(21)17-10(12(19)20)5-7-4-9(16)8(15)6-11(7)18/h4,6,10,18H,5H2,1-3H3,(H,17,21)(H,19,20). The number of ether oxygens (including phenoxy) is 1. The zero-order valence-electron chi connectivity index (χ0n) is 12.3. The van der Waals surface area contributed by atoms with Crippen LogP contribution in [0, 0.1) is 0 Å². The third-order valence-electron chi connectivity index (χ3n) is 2.53. The summed E-state index contributed by atoms with van der Waals surface area (Å²) in [4.78, 5) is 23.0. The molecule has 1 rings (SSSR count). The molecular weight excluding hydrogens is 378 g/mol. The van der Waals surface area contributed by atoms with Gasteiger partial charge in [-0.1, -0.05) is 11.6 Å². The van der Waals surface area contributed by atoms with E-state index in [1.54, 1.807) is 20.8 Å². The number of hydrogen-bond acceptors (Lipinski definition) is 4. The van der Waals surface area contributed by atoms with Crippen LogP contribution >= 0.6 is 27.5 Å². The highest BCUT2D eigenvalue weighted by molar-refractivity contribution is 9.10. The summed E-state index contributed by atoms with van der Waals surface area (Å²) >= 11 is 9.07. The Hall–Kier alpha value is -1.47. The smallest absolute Gasteiger partial charge is 0.408 e. The van der Waals surface area contributed by atoms with Gasteiger partial charge in [0.25, 0.3) is 0 Å². The van der Waals surface area contributed by atoms with Gasteiger partial charge in [0, 0.05) is 10.9 Å². The molecule has 0 radical (unpaired) electrons. The number of nitrogens with one attached hydrogen (secondary N) is 1. The number of carboxylic acids is 1. The minimum atomic E-state index is -1.25. The van der Waals surface area contributed by atoms with E-state index in [0.29, 0.717) is 15.1 Å². The van der Waals surface area contributed by atoms with E-state index in [1.807, 2.05) is 0 Å². The first-order valence-electron chi connectivity index (χ1n) is 6.39. The van der Waals surface area contributed by atoms with Crippen LogP contribution in [0.2, 0.25) is 5.02 Å². The molecule has 0 saturated carbocycles. The molecule has 8 heteroatoms. The SMILES string of the molecule is CC(C)(C)OC(=O)NC(Cc1cc(Cl)c(Br)cc1O)C(=O)O. The van der Waals surface area contributed by atoms with Gasteiger partial charge in [-0.2, -0.15) is 0 Å². The van der Waals surface area contributed by atoms with Crippen LogP contribution < -0.4 is 5.32 Å². The fourth-order valence-corrected chi connectivity index (χ4v) is 2.13. The molecule has 1 atom stereocenters. The molecule has 122 valence electrons. The number of aromatic hydroxyl groups is 1. The number of carbonyl (C=O) groups is 2. The maximum absolute atomic E-state index is 11.7. The van der Waals surface area contributed by atoms with Crippen molar-refractivity contribution in [2.45, 2.75) is 38.8 Å². The summed E-state index contributed by atoms with van der Waals surface area (Å²) in [5.74, 6) is -1.36. The van der Waals surface area contributed by atoms with Crippen molar-refractivity contribution in [3.8, 4) is 5.75 Å². The van der Waals surface area contributed by atoms with Crippen LogP contribution in [0.3, 0.4) is 0 Å². The number of alkyl carbamates (subject to hydrolysis) is 1. The summed E-state index contributed by atoms with van der Waals surface area (Å²) in [5, 5.41) is 21.6. The summed E-state index contributed by atoms with van der Waals surface area (Å²) in [7, 11) is 0. The first kappa shape index (κ1) is 18.6. The van der Waals surface area contributed by atoms with E-state index in [1.165, 1.54) is 12.1 Å². The number of benzene rings is 1. The number of phenolic OH excluding ortho intramolecular Hbond substituents is 1. The van der Waals surface area contributed by atoms with Crippen molar-refractivity contribution in [1.82, 2.24) is 5.32 Å². The molecule has 1 unspecified atom stereocenters. The van der Waals surface area contributed by atoms with Crippen molar-refractivity contribution in [1.29, 1.82) is 0 Å². The Morgan fingerprint density at radius 3 is 2.50 bits per heavy atom. The number of rotatable bonds is 4. The third-order valence-corrected chi connectivity index (χ3v) is 3.73.